The smallest absolute Gasteiger partial charge is 0.209 e. The Hall–Kier alpha value is -0.670. The molecule has 1 aromatic carbocycles. The Kier molecular flexibility index (Phi) is 5.75. The van der Waals surface area contributed by atoms with E-state index in [1.165, 1.54) is 5.56 Å². The van der Waals surface area contributed by atoms with E-state index < -0.39 is 0 Å². The molecular weight excluding hydrogens is 256 g/mol. The Balaban J connectivity index is 2.90. The summed E-state index contributed by atoms with van der Waals surface area (Å²) in [5, 5.41) is 0. The van der Waals surface area contributed by atoms with Gasteiger partial charge in [-0.25, -0.2) is 0 Å². The molecule has 0 aliphatic carbocycles. The molecule has 1 rings (SSSR count). The second kappa shape index (κ2) is 6.67. The fourth-order valence-corrected chi connectivity index (χ4v) is 2.89. The van der Waals surface area contributed by atoms with Crippen molar-refractivity contribution in [2.24, 2.45) is 11.3 Å². The van der Waals surface area contributed by atoms with Gasteiger partial charge in [0.05, 0.1) is 0 Å². The third-order valence-electron chi connectivity index (χ3n) is 3.29. The average Bonchev–Trinajstić information content (AvgIpc) is 2.29. The topological polar surface area (TPSA) is 18.5 Å². The summed E-state index contributed by atoms with van der Waals surface area (Å²) in [6, 6.07) is 8.30. The van der Waals surface area contributed by atoms with Gasteiger partial charge in [0.25, 0.3) is 0 Å². The fraction of sp³-hybridized carbons (Fsp3) is 0.625. The number of benzene rings is 1. The summed E-state index contributed by atoms with van der Waals surface area (Å²) in [7, 11) is 0. The summed E-state index contributed by atoms with van der Waals surface area (Å²) in [5.74, 6) is 1.94. The molecule has 2 atom stereocenters. The van der Waals surface area contributed by atoms with Gasteiger partial charge in [-0.1, -0.05) is 46.8 Å². The van der Waals surface area contributed by atoms with E-state index in [-0.39, 0.29) is 11.7 Å². The summed E-state index contributed by atoms with van der Waals surface area (Å²) in [4.78, 5) is 0. The van der Waals surface area contributed by atoms with Crippen LogP contribution in [0.4, 0.5) is 0 Å². The van der Waals surface area contributed by atoms with Gasteiger partial charge in [-0.05, 0) is 54.8 Å². The van der Waals surface area contributed by atoms with Gasteiger partial charge in [0.15, 0.2) is 0 Å². The zero-order valence-corrected chi connectivity index (χ0v) is 13.7. The van der Waals surface area contributed by atoms with E-state index >= 15 is 0 Å². The van der Waals surface area contributed by atoms with Crippen LogP contribution < -0.4 is 4.74 Å². The SMILES string of the molecule is CC(OS)Oc1ccc(C(C(C)C)C(C)(C)C)cc1. The van der Waals surface area contributed by atoms with Crippen molar-refractivity contribution in [3.8, 4) is 5.75 Å². The van der Waals surface area contributed by atoms with E-state index in [9.17, 15) is 0 Å². The first-order valence-electron chi connectivity index (χ1n) is 6.82. The van der Waals surface area contributed by atoms with Crippen molar-refractivity contribution in [1.29, 1.82) is 0 Å². The second-order valence-corrected chi connectivity index (χ2v) is 6.66. The van der Waals surface area contributed by atoms with Crippen molar-refractivity contribution in [2.75, 3.05) is 0 Å². The maximum absolute atomic E-state index is 5.55. The van der Waals surface area contributed by atoms with Crippen molar-refractivity contribution >= 4 is 12.9 Å². The lowest BCUT2D eigenvalue weighted by Crippen LogP contribution is -2.23. The molecule has 19 heavy (non-hydrogen) atoms. The van der Waals surface area contributed by atoms with Gasteiger partial charge in [-0.2, -0.15) is 0 Å². The minimum absolute atomic E-state index is 0.248. The third kappa shape index (κ3) is 4.73. The molecule has 0 N–H and O–H groups in total. The Morgan fingerprint density at radius 2 is 1.53 bits per heavy atom. The Bertz CT molecular complexity index is 379. The van der Waals surface area contributed by atoms with Crippen molar-refractivity contribution in [2.45, 2.75) is 53.8 Å². The predicted molar refractivity (Wildman–Crippen MR) is 83.6 cm³/mol. The molecule has 1 aromatic rings. The van der Waals surface area contributed by atoms with E-state index in [4.69, 9.17) is 8.92 Å². The first-order chi connectivity index (χ1) is 8.75. The number of ether oxygens (including phenoxy) is 1. The third-order valence-corrected chi connectivity index (χ3v) is 3.59. The highest BCUT2D eigenvalue weighted by Gasteiger charge is 2.28. The Labute approximate surface area is 123 Å². The van der Waals surface area contributed by atoms with E-state index in [0.29, 0.717) is 11.8 Å². The number of rotatable bonds is 5. The largest absolute Gasteiger partial charge is 0.464 e. The van der Waals surface area contributed by atoms with Crippen LogP contribution in [-0.4, -0.2) is 6.29 Å². The number of hydrogen-bond acceptors (Lipinski definition) is 3. The molecule has 0 saturated carbocycles. The molecule has 0 bridgehead atoms. The van der Waals surface area contributed by atoms with Gasteiger partial charge in [-0.15, -0.1) is 0 Å². The van der Waals surface area contributed by atoms with Crippen LogP contribution in [0.2, 0.25) is 0 Å². The van der Waals surface area contributed by atoms with Crippen LogP contribution in [-0.2, 0) is 4.18 Å². The van der Waals surface area contributed by atoms with E-state index in [1.807, 2.05) is 19.1 Å². The molecule has 0 amide bonds. The molecule has 0 aliphatic rings. The van der Waals surface area contributed by atoms with Crippen molar-refractivity contribution in [1.82, 2.24) is 0 Å². The molecule has 108 valence electrons. The van der Waals surface area contributed by atoms with Gasteiger partial charge in [0.2, 0.25) is 6.29 Å². The zero-order chi connectivity index (χ0) is 14.6. The maximum atomic E-state index is 5.55. The molecule has 3 heteroatoms. The highest BCUT2D eigenvalue weighted by molar-refractivity contribution is 7.75. The monoisotopic (exact) mass is 282 g/mol. The molecule has 0 heterocycles. The lowest BCUT2D eigenvalue weighted by molar-refractivity contribution is 0.0430. The molecule has 0 spiro atoms. The summed E-state index contributed by atoms with van der Waals surface area (Å²) in [6.45, 7) is 13.2. The van der Waals surface area contributed by atoms with Crippen LogP contribution in [0.1, 0.15) is 53.0 Å². The standard InChI is InChI=1S/C16H26O2S/c1-11(2)15(16(4,5)6)13-7-9-14(10-8-13)17-12(3)18-19/h7-12,15,19H,1-6H3. The first kappa shape index (κ1) is 16.4. The second-order valence-electron chi connectivity index (χ2n) is 6.45. The highest BCUT2D eigenvalue weighted by atomic mass is 32.1. The van der Waals surface area contributed by atoms with Crippen LogP contribution in [0.5, 0.6) is 5.75 Å². The minimum atomic E-state index is -0.349. The van der Waals surface area contributed by atoms with Gasteiger partial charge in [0.1, 0.15) is 5.75 Å². The zero-order valence-electron chi connectivity index (χ0n) is 12.8. The minimum Gasteiger partial charge on any atom is -0.464 e. The molecule has 2 nitrogen and oxygen atoms in total. The lowest BCUT2D eigenvalue weighted by atomic mass is 9.70. The normalized spacial score (nSPS) is 15.4. The highest BCUT2D eigenvalue weighted by Crippen LogP contribution is 2.40. The molecule has 0 saturated heterocycles. The van der Waals surface area contributed by atoms with E-state index in [2.05, 4.69) is 59.7 Å². The lowest BCUT2D eigenvalue weighted by Gasteiger charge is -2.34. The molecular formula is C16H26O2S. The van der Waals surface area contributed by atoms with Gasteiger partial charge >= 0.3 is 0 Å². The molecule has 0 aromatic heterocycles. The first-order valence-corrected chi connectivity index (χ1v) is 7.19. The van der Waals surface area contributed by atoms with E-state index in [1.54, 1.807) is 0 Å². The summed E-state index contributed by atoms with van der Waals surface area (Å²) in [5.41, 5.74) is 1.60. The van der Waals surface area contributed by atoms with Crippen LogP contribution in [0.15, 0.2) is 24.3 Å². The van der Waals surface area contributed by atoms with Crippen molar-refractivity contribution in [3.05, 3.63) is 29.8 Å². The van der Waals surface area contributed by atoms with E-state index in [0.717, 1.165) is 5.75 Å². The summed E-state index contributed by atoms with van der Waals surface area (Å²) < 4.78 is 10.3. The molecule has 2 unspecified atom stereocenters. The fourth-order valence-electron chi connectivity index (χ4n) is 2.85. The van der Waals surface area contributed by atoms with Crippen LogP contribution in [0, 0.1) is 11.3 Å². The summed E-state index contributed by atoms with van der Waals surface area (Å²) >= 11 is 3.74. The average molecular weight is 282 g/mol. The van der Waals surface area contributed by atoms with Crippen molar-refractivity contribution in [3.63, 3.8) is 0 Å². The molecule has 0 radical (unpaired) electrons. The van der Waals surface area contributed by atoms with Gasteiger partial charge in [-0.3, -0.25) is 4.18 Å². The van der Waals surface area contributed by atoms with Crippen LogP contribution in [0.3, 0.4) is 0 Å². The van der Waals surface area contributed by atoms with Gasteiger partial charge < -0.3 is 4.74 Å². The van der Waals surface area contributed by atoms with Crippen LogP contribution in [0.25, 0.3) is 0 Å². The molecule has 0 aliphatic heterocycles. The molecule has 0 fully saturated rings. The quantitative estimate of drug-likeness (QED) is 0.462. The van der Waals surface area contributed by atoms with Crippen molar-refractivity contribution < 1.29 is 8.92 Å². The number of hydrogen-bond donors (Lipinski definition) is 1. The van der Waals surface area contributed by atoms with Crippen LogP contribution >= 0.6 is 12.9 Å². The predicted octanol–water partition coefficient (Wildman–Crippen LogP) is 5.06. The summed E-state index contributed by atoms with van der Waals surface area (Å²) in [6.07, 6.45) is -0.349. The number of thiol groups is 1. The Morgan fingerprint density at radius 3 is 1.89 bits per heavy atom. The van der Waals surface area contributed by atoms with Gasteiger partial charge in [0, 0.05) is 0 Å². The maximum Gasteiger partial charge on any atom is 0.209 e. The Morgan fingerprint density at radius 1 is 1.00 bits per heavy atom.